The number of hydrogen-bond acceptors (Lipinski definition) is 5. The van der Waals surface area contributed by atoms with Gasteiger partial charge in [-0.3, -0.25) is 14.9 Å². The molecule has 3 amide bonds. The lowest BCUT2D eigenvalue weighted by molar-refractivity contribution is -0.147. The second-order valence-corrected chi connectivity index (χ2v) is 6.40. The van der Waals surface area contributed by atoms with Gasteiger partial charge < -0.3 is 14.5 Å². The molecule has 0 radical (unpaired) electrons. The predicted octanol–water partition coefficient (Wildman–Crippen LogP) is 3.48. The second-order valence-electron chi connectivity index (χ2n) is 6.40. The van der Waals surface area contributed by atoms with Crippen molar-refractivity contribution >= 4 is 34.6 Å². The number of hydrogen-bond donors (Lipinski definition) is 2. The first-order valence-electron chi connectivity index (χ1n) is 8.71. The molecule has 0 aliphatic heterocycles. The van der Waals surface area contributed by atoms with Gasteiger partial charge in [-0.1, -0.05) is 18.2 Å². The van der Waals surface area contributed by atoms with Gasteiger partial charge in [0.15, 0.2) is 6.61 Å². The molecule has 0 fully saturated rings. The standard InChI is InChI=1S/C21H20N2O5/c1-13-8-17-15(11-27-18(17)9-14(13)2)10-20(25)28-12-19(24)23-21(26)22-16-6-4-3-5-7-16/h3-9,11H,10,12H2,1-2H3,(H2,22,23,24,26). The molecule has 0 aliphatic rings. The Hall–Kier alpha value is -3.61. The van der Waals surface area contributed by atoms with E-state index in [1.807, 2.05) is 26.0 Å². The van der Waals surface area contributed by atoms with Crippen LogP contribution in [0, 0.1) is 13.8 Å². The molecule has 0 bridgehead atoms. The van der Waals surface area contributed by atoms with Gasteiger partial charge in [0.25, 0.3) is 5.91 Å². The van der Waals surface area contributed by atoms with Crippen molar-refractivity contribution in [2.24, 2.45) is 0 Å². The molecular weight excluding hydrogens is 360 g/mol. The highest BCUT2D eigenvalue weighted by molar-refractivity contribution is 6.01. The highest BCUT2D eigenvalue weighted by Crippen LogP contribution is 2.25. The Labute approximate surface area is 161 Å². The fourth-order valence-corrected chi connectivity index (χ4v) is 2.67. The van der Waals surface area contributed by atoms with Crippen LogP contribution in [-0.2, 0) is 20.7 Å². The van der Waals surface area contributed by atoms with Gasteiger partial charge in [-0.25, -0.2) is 4.79 Å². The van der Waals surface area contributed by atoms with Crippen molar-refractivity contribution in [3.63, 3.8) is 0 Å². The number of amides is 3. The average Bonchev–Trinajstić information content (AvgIpc) is 3.02. The van der Waals surface area contributed by atoms with E-state index in [0.29, 0.717) is 16.8 Å². The second kappa shape index (κ2) is 8.39. The monoisotopic (exact) mass is 380 g/mol. The topological polar surface area (TPSA) is 97.6 Å². The Morgan fingerprint density at radius 2 is 1.75 bits per heavy atom. The first kappa shape index (κ1) is 19.2. The minimum Gasteiger partial charge on any atom is -0.464 e. The maximum atomic E-state index is 12.0. The number of aryl methyl sites for hydroxylation is 2. The van der Waals surface area contributed by atoms with Crippen LogP contribution >= 0.6 is 0 Å². The summed E-state index contributed by atoms with van der Waals surface area (Å²) in [6.45, 7) is 3.42. The quantitative estimate of drug-likeness (QED) is 0.661. The molecule has 0 saturated carbocycles. The van der Waals surface area contributed by atoms with Gasteiger partial charge in [0.2, 0.25) is 0 Å². The van der Waals surface area contributed by atoms with Crippen molar-refractivity contribution in [1.82, 2.24) is 5.32 Å². The van der Waals surface area contributed by atoms with Crippen LogP contribution in [0.15, 0.2) is 53.1 Å². The number of esters is 1. The van der Waals surface area contributed by atoms with E-state index in [1.165, 1.54) is 6.26 Å². The van der Waals surface area contributed by atoms with E-state index in [4.69, 9.17) is 9.15 Å². The Balaban J connectivity index is 1.49. The van der Waals surface area contributed by atoms with E-state index in [1.54, 1.807) is 30.3 Å². The molecule has 7 heteroatoms. The lowest BCUT2D eigenvalue weighted by atomic mass is 10.0. The highest BCUT2D eigenvalue weighted by atomic mass is 16.5. The summed E-state index contributed by atoms with van der Waals surface area (Å²) in [5.74, 6) is -1.30. The van der Waals surface area contributed by atoms with Gasteiger partial charge in [-0.2, -0.15) is 0 Å². The summed E-state index contributed by atoms with van der Waals surface area (Å²) < 4.78 is 10.4. The summed E-state index contributed by atoms with van der Waals surface area (Å²) in [5, 5.41) is 5.44. The fraction of sp³-hybridized carbons (Fsp3) is 0.190. The maximum absolute atomic E-state index is 12.0. The molecule has 2 aromatic carbocycles. The molecule has 0 spiro atoms. The number of carbonyl (C=O) groups is 3. The summed E-state index contributed by atoms with van der Waals surface area (Å²) >= 11 is 0. The molecule has 2 N–H and O–H groups in total. The molecule has 0 unspecified atom stereocenters. The molecule has 3 aromatic rings. The van der Waals surface area contributed by atoms with Crippen LogP contribution in [0.2, 0.25) is 0 Å². The van der Waals surface area contributed by atoms with Crippen LogP contribution in [-0.4, -0.2) is 24.5 Å². The Morgan fingerprint density at radius 3 is 2.50 bits per heavy atom. The van der Waals surface area contributed by atoms with Gasteiger partial charge in [0, 0.05) is 16.6 Å². The van der Waals surface area contributed by atoms with Crippen LogP contribution < -0.4 is 10.6 Å². The number of urea groups is 1. The molecule has 0 atom stereocenters. The van der Waals surface area contributed by atoms with Crippen LogP contribution in [0.5, 0.6) is 0 Å². The normalized spacial score (nSPS) is 10.5. The largest absolute Gasteiger partial charge is 0.464 e. The molecule has 28 heavy (non-hydrogen) atoms. The van der Waals surface area contributed by atoms with Crippen molar-refractivity contribution in [2.45, 2.75) is 20.3 Å². The Bertz CT molecular complexity index is 1020. The number of imide groups is 1. The van der Waals surface area contributed by atoms with E-state index < -0.39 is 24.5 Å². The zero-order chi connectivity index (χ0) is 20.1. The molecule has 1 heterocycles. The SMILES string of the molecule is Cc1cc2occ(CC(=O)OCC(=O)NC(=O)Nc3ccccc3)c2cc1C. The summed E-state index contributed by atoms with van der Waals surface area (Å²) in [6.07, 6.45) is 1.48. The fourth-order valence-electron chi connectivity index (χ4n) is 2.67. The van der Waals surface area contributed by atoms with E-state index >= 15 is 0 Å². The third-order valence-corrected chi connectivity index (χ3v) is 4.25. The van der Waals surface area contributed by atoms with E-state index in [2.05, 4.69) is 10.6 Å². The number of fused-ring (bicyclic) bond motifs is 1. The number of rotatable bonds is 5. The van der Waals surface area contributed by atoms with E-state index in [0.717, 1.165) is 16.5 Å². The summed E-state index contributed by atoms with van der Waals surface area (Å²) in [5.41, 5.74) is 4.11. The molecule has 1 aromatic heterocycles. The Kier molecular flexibility index (Phi) is 5.74. The van der Waals surface area contributed by atoms with Gasteiger partial charge in [-0.15, -0.1) is 0 Å². The van der Waals surface area contributed by atoms with Gasteiger partial charge in [0.1, 0.15) is 5.58 Å². The number of carbonyl (C=O) groups excluding carboxylic acids is 3. The van der Waals surface area contributed by atoms with E-state index in [9.17, 15) is 14.4 Å². The Morgan fingerprint density at radius 1 is 1.04 bits per heavy atom. The van der Waals surface area contributed by atoms with Crippen LogP contribution in [0.3, 0.4) is 0 Å². The minimum absolute atomic E-state index is 0.0288. The van der Waals surface area contributed by atoms with Crippen LogP contribution in [0.1, 0.15) is 16.7 Å². The van der Waals surface area contributed by atoms with Crippen molar-refractivity contribution in [2.75, 3.05) is 11.9 Å². The average molecular weight is 380 g/mol. The van der Waals surface area contributed by atoms with Crippen molar-refractivity contribution < 1.29 is 23.5 Å². The molecule has 0 saturated heterocycles. The molecule has 7 nitrogen and oxygen atoms in total. The van der Waals surface area contributed by atoms with Crippen LogP contribution in [0.25, 0.3) is 11.0 Å². The van der Waals surface area contributed by atoms with Gasteiger partial charge in [0.05, 0.1) is 12.7 Å². The van der Waals surface area contributed by atoms with Gasteiger partial charge >= 0.3 is 12.0 Å². The van der Waals surface area contributed by atoms with E-state index in [-0.39, 0.29) is 6.42 Å². The van der Waals surface area contributed by atoms with Gasteiger partial charge in [-0.05, 0) is 49.2 Å². The lowest BCUT2D eigenvalue weighted by Crippen LogP contribution is -2.37. The zero-order valence-corrected chi connectivity index (χ0v) is 15.6. The predicted molar refractivity (Wildman–Crippen MR) is 104 cm³/mol. The minimum atomic E-state index is -0.717. The number of benzene rings is 2. The maximum Gasteiger partial charge on any atom is 0.325 e. The van der Waals surface area contributed by atoms with Crippen molar-refractivity contribution in [1.29, 1.82) is 0 Å². The van der Waals surface area contributed by atoms with Crippen LogP contribution in [0.4, 0.5) is 10.5 Å². The summed E-state index contributed by atoms with van der Waals surface area (Å²) in [7, 11) is 0. The number of para-hydroxylation sites is 1. The number of anilines is 1. The smallest absolute Gasteiger partial charge is 0.325 e. The highest BCUT2D eigenvalue weighted by Gasteiger charge is 2.15. The summed E-state index contributed by atoms with van der Waals surface area (Å²) in [4.78, 5) is 35.6. The first-order chi connectivity index (χ1) is 13.4. The molecular formula is C21H20N2O5. The zero-order valence-electron chi connectivity index (χ0n) is 15.6. The summed E-state index contributed by atoms with van der Waals surface area (Å²) in [6, 6.07) is 11.8. The number of nitrogens with one attached hydrogen (secondary N) is 2. The number of ether oxygens (including phenoxy) is 1. The molecule has 3 rings (SSSR count). The number of furan rings is 1. The third-order valence-electron chi connectivity index (χ3n) is 4.25. The molecule has 0 aliphatic carbocycles. The molecule has 144 valence electrons. The third kappa shape index (κ3) is 4.76. The van der Waals surface area contributed by atoms with Crippen molar-refractivity contribution in [3.05, 3.63) is 65.4 Å². The first-order valence-corrected chi connectivity index (χ1v) is 8.71. The van der Waals surface area contributed by atoms with Crippen molar-refractivity contribution in [3.8, 4) is 0 Å². The lowest BCUT2D eigenvalue weighted by Gasteiger charge is -2.07.